The highest BCUT2D eigenvalue weighted by Gasteiger charge is 2.17. The molecule has 0 heterocycles. The zero-order chi connectivity index (χ0) is 11.3. The Kier molecular flexibility index (Phi) is 4.31. The second-order valence-corrected chi connectivity index (χ2v) is 3.62. The Morgan fingerprint density at radius 3 is 2.40 bits per heavy atom. The van der Waals surface area contributed by atoms with Gasteiger partial charge in [-0.15, -0.1) is 0 Å². The summed E-state index contributed by atoms with van der Waals surface area (Å²) >= 11 is 5.38. The molecule has 0 unspecified atom stereocenters. The van der Waals surface area contributed by atoms with Crippen LogP contribution in [0.5, 0.6) is 0 Å². The second kappa shape index (κ2) is 5.51. The van der Waals surface area contributed by atoms with Crippen LogP contribution in [0.15, 0.2) is 30.3 Å². The summed E-state index contributed by atoms with van der Waals surface area (Å²) in [7, 11) is 0. The van der Waals surface area contributed by atoms with Crippen LogP contribution in [0, 0.1) is 0 Å². The van der Waals surface area contributed by atoms with Crippen molar-refractivity contribution in [2.75, 3.05) is 0 Å². The maximum atomic E-state index is 11.0. The van der Waals surface area contributed by atoms with Gasteiger partial charge in [-0.2, -0.15) is 0 Å². The molecule has 80 valence electrons. The molecule has 0 bridgehead atoms. The van der Waals surface area contributed by atoms with Crippen LogP contribution in [0.4, 0.5) is 0 Å². The molecule has 3 nitrogen and oxygen atoms in total. The van der Waals surface area contributed by atoms with Crippen LogP contribution in [0.1, 0.15) is 12.5 Å². The van der Waals surface area contributed by atoms with Crippen molar-refractivity contribution in [3.8, 4) is 0 Å². The van der Waals surface area contributed by atoms with E-state index in [-0.39, 0.29) is 5.91 Å². The monoisotopic (exact) mass is 225 g/mol. The minimum atomic E-state index is -0.647. The lowest BCUT2D eigenvalue weighted by molar-refractivity contribution is -0.123. The molecule has 15 heavy (non-hydrogen) atoms. The van der Waals surface area contributed by atoms with Crippen molar-refractivity contribution >= 4 is 22.8 Å². The molecule has 1 aromatic rings. The molecule has 0 fully saturated rings. The fourth-order valence-corrected chi connectivity index (χ4v) is 1.41. The minimum absolute atomic E-state index is 0.259. The number of hydrogen-bond donors (Lipinski definition) is 1. The normalized spacial score (nSPS) is 11.9. The van der Waals surface area contributed by atoms with Gasteiger partial charge in [0.25, 0.3) is 0 Å². The average Bonchev–Trinajstić information content (AvgIpc) is 2.17. The Hall–Kier alpha value is -1.35. The molecule has 1 amide bonds. The number of amides is 1. The standard InChI is InChI=1S/C11H12ClNO2/c1-8(14)13-10(11(12)15)7-9-5-3-2-4-6-9/h2-6,10H,7H2,1H3,(H,13,14)/t10-/m1/s1. The topological polar surface area (TPSA) is 46.2 Å². The van der Waals surface area contributed by atoms with Crippen LogP contribution in [-0.4, -0.2) is 17.2 Å². The first-order valence-corrected chi connectivity index (χ1v) is 4.98. The molecular weight excluding hydrogens is 214 g/mol. The van der Waals surface area contributed by atoms with Gasteiger partial charge in [-0.1, -0.05) is 30.3 Å². The van der Waals surface area contributed by atoms with Crippen molar-refractivity contribution in [1.82, 2.24) is 5.32 Å². The van der Waals surface area contributed by atoms with Crippen molar-refractivity contribution < 1.29 is 9.59 Å². The molecule has 1 rings (SSSR count). The molecule has 0 radical (unpaired) electrons. The van der Waals surface area contributed by atoms with Gasteiger partial charge in [-0.25, -0.2) is 0 Å². The molecule has 0 saturated carbocycles. The number of halogens is 1. The van der Waals surface area contributed by atoms with Crippen LogP contribution in [0.2, 0.25) is 0 Å². The first-order valence-electron chi connectivity index (χ1n) is 4.60. The van der Waals surface area contributed by atoms with Gasteiger partial charge in [0.1, 0.15) is 6.04 Å². The van der Waals surface area contributed by atoms with Crippen molar-refractivity contribution in [3.05, 3.63) is 35.9 Å². The van der Waals surface area contributed by atoms with Crippen LogP contribution in [0.25, 0.3) is 0 Å². The van der Waals surface area contributed by atoms with E-state index < -0.39 is 11.3 Å². The van der Waals surface area contributed by atoms with E-state index in [4.69, 9.17) is 11.6 Å². The second-order valence-electron chi connectivity index (χ2n) is 3.25. The lowest BCUT2D eigenvalue weighted by Gasteiger charge is -2.13. The Balaban J connectivity index is 2.67. The first-order chi connectivity index (χ1) is 7.09. The number of carbonyl (C=O) groups is 2. The molecule has 0 aliphatic carbocycles. The molecule has 1 atom stereocenters. The third-order valence-corrected chi connectivity index (χ3v) is 2.20. The Morgan fingerprint density at radius 2 is 1.93 bits per heavy atom. The van der Waals surface area contributed by atoms with Crippen molar-refractivity contribution in [3.63, 3.8) is 0 Å². The molecule has 0 aliphatic heterocycles. The lowest BCUT2D eigenvalue weighted by atomic mass is 10.1. The zero-order valence-electron chi connectivity index (χ0n) is 8.37. The van der Waals surface area contributed by atoms with Gasteiger partial charge >= 0.3 is 0 Å². The van der Waals surface area contributed by atoms with Gasteiger partial charge in [-0.05, 0) is 17.2 Å². The van der Waals surface area contributed by atoms with Crippen LogP contribution >= 0.6 is 11.6 Å². The van der Waals surface area contributed by atoms with Crippen molar-refractivity contribution in [1.29, 1.82) is 0 Å². The maximum absolute atomic E-state index is 11.0. The highest BCUT2D eigenvalue weighted by atomic mass is 35.5. The molecule has 4 heteroatoms. The van der Waals surface area contributed by atoms with Crippen molar-refractivity contribution in [2.45, 2.75) is 19.4 Å². The Labute approximate surface area is 93.4 Å². The van der Waals surface area contributed by atoms with Gasteiger partial charge in [0.2, 0.25) is 11.1 Å². The Bertz CT molecular complexity index is 351. The first kappa shape index (κ1) is 11.7. The molecule has 1 aromatic carbocycles. The molecule has 0 aromatic heterocycles. The molecule has 1 N–H and O–H groups in total. The predicted molar refractivity (Wildman–Crippen MR) is 58.6 cm³/mol. The molecule has 0 spiro atoms. The van der Waals surface area contributed by atoms with Gasteiger partial charge in [0, 0.05) is 13.3 Å². The van der Waals surface area contributed by atoms with E-state index in [1.807, 2.05) is 30.3 Å². The summed E-state index contributed by atoms with van der Waals surface area (Å²) in [5.74, 6) is -0.259. The highest BCUT2D eigenvalue weighted by Crippen LogP contribution is 2.05. The summed E-state index contributed by atoms with van der Waals surface area (Å²) in [5, 5.41) is 1.96. The summed E-state index contributed by atoms with van der Waals surface area (Å²) in [6.45, 7) is 1.36. The van der Waals surface area contributed by atoms with E-state index in [1.165, 1.54) is 6.92 Å². The van der Waals surface area contributed by atoms with Gasteiger partial charge in [0.15, 0.2) is 0 Å². The van der Waals surface area contributed by atoms with Gasteiger partial charge in [0.05, 0.1) is 0 Å². The predicted octanol–water partition coefficient (Wildman–Crippen LogP) is 1.50. The number of rotatable bonds is 4. The summed E-state index contributed by atoms with van der Waals surface area (Å²) in [4.78, 5) is 21.9. The lowest BCUT2D eigenvalue weighted by Crippen LogP contribution is -2.39. The van der Waals surface area contributed by atoms with Crippen LogP contribution < -0.4 is 5.32 Å². The number of hydrogen-bond acceptors (Lipinski definition) is 2. The van der Waals surface area contributed by atoms with Crippen molar-refractivity contribution in [2.24, 2.45) is 0 Å². The van der Waals surface area contributed by atoms with E-state index in [0.29, 0.717) is 6.42 Å². The quantitative estimate of drug-likeness (QED) is 0.790. The molecule has 0 saturated heterocycles. The highest BCUT2D eigenvalue weighted by molar-refractivity contribution is 6.64. The zero-order valence-corrected chi connectivity index (χ0v) is 9.12. The summed E-state index contributed by atoms with van der Waals surface area (Å²) in [6.07, 6.45) is 0.419. The number of carbonyl (C=O) groups excluding carboxylic acids is 2. The van der Waals surface area contributed by atoms with E-state index in [1.54, 1.807) is 0 Å². The third-order valence-electron chi connectivity index (χ3n) is 1.93. The number of benzene rings is 1. The minimum Gasteiger partial charge on any atom is -0.345 e. The van der Waals surface area contributed by atoms with Crippen LogP contribution in [0.3, 0.4) is 0 Å². The molecular formula is C11H12ClNO2. The largest absolute Gasteiger partial charge is 0.345 e. The summed E-state index contributed by atoms with van der Waals surface area (Å²) in [5.41, 5.74) is 0.963. The Morgan fingerprint density at radius 1 is 1.33 bits per heavy atom. The maximum Gasteiger partial charge on any atom is 0.244 e. The fraction of sp³-hybridized carbons (Fsp3) is 0.273. The summed E-state index contributed by atoms with van der Waals surface area (Å²) < 4.78 is 0. The third kappa shape index (κ3) is 4.13. The SMILES string of the molecule is CC(=O)N[C@H](Cc1ccccc1)C(=O)Cl. The van der Waals surface area contributed by atoms with Crippen LogP contribution in [-0.2, 0) is 16.0 Å². The molecule has 0 aliphatic rings. The van der Waals surface area contributed by atoms with Gasteiger partial charge < -0.3 is 5.32 Å². The smallest absolute Gasteiger partial charge is 0.244 e. The van der Waals surface area contributed by atoms with E-state index in [9.17, 15) is 9.59 Å². The van der Waals surface area contributed by atoms with Gasteiger partial charge in [-0.3, -0.25) is 9.59 Å². The number of nitrogens with one attached hydrogen (secondary N) is 1. The summed E-state index contributed by atoms with van der Waals surface area (Å²) in [6, 6.07) is 8.76. The fourth-order valence-electron chi connectivity index (χ4n) is 1.28. The van der Waals surface area contributed by atoms with E-state index in [0.717, 1.165) is 5.56 Å². The van der Waals surface area contributed by atoms with E-state index in [2.05, 4.69) is 5.32 Å². The van der Waals surface area contributed by atoms with E-state index >= 15 is 0 Å². The average molecular weight is 226 g/mol.